The van der Waals surface area contributed by atoms with Gasteiger partial charge in [-0.2, -0.15) is 0 Å². The molecule has 1 amide bonds. The minimum atomic E-state index is -0.202. The summed E-state index contributed by atoms with van der Waals surface area (Å²) in [6.45, 7) is 8.62. The summed E-state index contributed by atoms with van der Waals surface area (Å²) in [5.74, 6) is 0.0946. The lowest BCUT2D eigenvalue weighted by molar-refractivity contribution is -0.116. The molecular formula is C33H44FN3O4. The summed E-state index contributed by atoms with van der Waals surface area (Å²) in [6.07, 6.45) is 7.31. The summed E-state index contributed by atoms with van der Waals surface area (Å²) in [7, 11) is 4.29. The molecule has 1 saturated heterocycles. The molecule has 7 nitrogen and oxygen atoms in total. The second-order valence-electron chi connectivity index (χ2n) is 10.8. The molecule has 41 heavy (non-hydrogen) atoms. The quantitative estimate of drug-likeness (QED) is 0.243. The Bertz CT molecular complexity index is 1170. The van der Waals surface area contributed by atoms with Gasteiger partial charge in [-0.25, -0.2) is 4.39 Å². The topological polar surface area (TPSA) is 63.3 Å². The van der Waals surface area contributed by atoms with E-state index in [-0.39, 0.29) is 17.8 Å². The Morgan fingerprint density at radius 1 is 1.07 bits per heavy atom. The number of hydrogen-bond acceptors (Lipinski definition) is 6. The number of aryl methyl sites for hydroxylation is 1. The molecule has 0 unspecified atom stereocenters. The molecule has 1 aliphatic heterocycles. The van der Waals surface area contributed by atoms with E-state index in [2.05, 4.69) is 72.2 Å². The first kappa shape index (κ1) is 31.1. The van der Waals surface area contributed by atoms with E-state index in [1.807, 2.05) is 12.1 Å². The Morgan fingerprint density at radius 3 is 2.61 bits per heavy atom. The molecule has 0 bridgehead atoms. The van der Waals surface area contributed by atoms with Crippen molar-refractivity contribution in [3.05, 3.63) is 89.3 Å². The summed E-state index contributed by atoms with van der Waals surface area (Å²) >= 11 is 0. The summed E-state index contributed by atoms with van der Waals surface area (Å²) in [4.78, 5) is 15.8. The summed E-state index contributed by atoms with van der Waals surface area (Å²) in [5, 5.41) is 2.65. The number of rotatable bonds is 16. The van der Waals surface area contributed by atoms with Crippen LogP contribution in [0.3, 0.4) is 0 Å². The fourth-order valence-corrected chi connectivity index (χ4v) is 5.88. The second-order valence-corrected chi connectivity index (χ2v) is 10.8. The minimum absolute atomic E-state index is 0.0623. The van der Waals surface area contributed by atoms with Gasteiger partial charge in [0, 0.05) is 43.2 Å². The van der Waals surface area contributed by atoms with Crippen molar-refractivity contribution < 1.29 is 23.4 Å². The molecule has 0 aromatic heterocycles. The Balaban J connectivity index is 1.20. The van der Waals surface area contributed by atoms with Crippen LogP contribution in [0, 0.1) is 5.82 Å². The van der Waals surface area contributed by atoms with E-state index in [1.54, 1.807) is 6.07 Å². The zero-order valence-electron chi connectivity index (χ0n) is 24.4. The van der Waals surface area contributed by atoms with Crippen molar-refractivity contribution in [1.82, 2.24) is 15.1 Å². The number of benzene rings is 2. The van der Waals surface area contributed by atoms with Gasteiger partial charge in [-0.15, -0.1) is 0 Å². The van der Waals surface area contributed by atoms with Crippen molar-refractivity contribution in [2.45, 2.75) is 30.8 Å². The van der Waals surface area contributed by atoms with Crippen LogP contribution in [-0.4, -0.2) is 95.1 Å². The summed E-state index contributed by atoms with van der Waals surface area (Å²) < 4.78 is 31.4. The molecule has 2 aliphatic rings. The van der Waals surface area contributed by atoms with Crippen molar-refractivity contribution in [2.24, 2.45) is 0 Å². The van der Waals surface area contributed by atoms with Crippen LogP contribution in [0.2, 0.25) is 0 Å². The molecule has 0 radical (unpaired) electrons. The van der Waals surface area contributed by atoms with E-state index in [9.17, 15) is 9.18 Å². The van der Waals surface area contributed by atoms with Gasteiger partial charge in [0.25, 0.3) is 0 Å². The minimum Gasteiger partial charge on any atom is -0.377 e. The number of halogens is 1. The lowest BCUT2D eigenvalue weighted by Gasteiger charge is -2.26. The van der Waals surface area contributed by atoms with Crippen molar-refractivity contribution in [1.29, 1.82) is 0 Å². The van der Waals surface area contributed by atoms with Crippen LogP contribution < -0.4 is 5.32 Å². The number of carbonyl (C=O) groups is 1. The molecule has 8 heteroatoms. The predicted octanol–water partition coefficient (Wildman–Crippen LogP) is 4.21. The number of fused-ring (bicyclic) bond motifs is 1. The van der Waals surface area contributed by atoms with Gasteiger partial charge in [0.1, 0.15) is 5.82 Å². The number of likely N-dealkylation sites (N-methyl/N-ethyl adjacent to an activating group) is 1. The first-order valence-electron chi connectivity index (χ1n) is 14.6. The second kappa shape index (κ2) is 15.9. The molecule has 0 saturated carbocycles. The third kappa shape index (κ3) is 8.80. The van der Waals surface area contributed by atoms with Crippen LogP contribution in [0.15, 0.2) is 61.2 Å². The van der Waals surface area contributed by atoms with E-state index in [4.69, 9.17) is 14.2 Å². The Morgan fingerprint density at radius 2 is 1.83 bits per heavy atom. The molecule has 2 aromatic carbocycles. The standard InChI is InChI=1S/C33H44FN3O4/c1-4-32(38)35-15-17-40-19-21-41-20-18-39-16-7-9-25-8-5-11-27(22-25)28-23-37(24-31(28)36(2)3)30-14-13-26-10-6-12-29(34)33(26)30/h4-12,22,28,30-31H,1,13-21,23-24H2,2-3H3,(H,35,38)/b9-7+/t28-,30+,31+/m1/s1. The van der Waals surface area contributed by atoms with Gasteiger partial charge in [-0.1, -0.05) is 55.1 Å². The fraction of sp³-hybridized carbons (Fsp3) is 0.485. The molecule has 3 atom stereocenters. The van der Waals surface area contributed by atoms with E-state index in [1.165, 1.54) is 11.6 Å². The predicted molar refractivity (Wildman–Crippen MR) is 160 cm³/mol. The maximum absolute atomic E-state index is 14.8. The fourth-order valence-electron chi connectivity index (χ4n) is 5.88. The lowest BCUT2D eigenvalue weighted by atomic mass is 9.92. The van der Waals surface area contributed by atoms with Crippen molar-refractivity contribution >= 4 is 12.0 Å². The molecule has 1 aliphatic carbocycles. The van der Waals surface area contributed by atoms with Gasteiger partial charge in [0.05, 0.1) is 39.6 Å². The number of nitrogens with one attached hydrogen (secondary N) is 1. The van der Waals surface area contributed by atoms with Gasteiger partial charge in [0.2, 0.25) is 5.91 Å². The molecule has 4 rings (SSSR count). The average molecular weight is 566 g/mol. The third-order valence-electron chi connectivity index (χ3n) is 7.92. The number of amides is 1. The van der Waals surface area contributed by atoms with Crippen molar-refractivity contribution in [3.63, 3.8) is 0 Å². The molecule has 1 heterocycles. The highest BCUT2D eigenvalue weighted by molar-refractivity contribution is 5.86. The molecule has 0 spiro atoms. The Labute approximate surface area is 243 Å². The summed E-state index contributed by atoms with van der Waals surface area (Å²) in [5.41, 5.74) is 4.54. The van der Waals surface area contributed by atoms with Crippen LogP contribution in [0.1, 0.15) is 40.6 Å². The van der Waals surface area contributed by atoms with E-state index in [0.717, 1.165) is 42.6 Å². The van der Waals surface area contributed by atoms with E-state index in [0.29, 0.717) is 58.1 Å². The van der Waals surface area contributed by atoms with Gasteiger partial charge in [0.15, 0.2) is 0 Å². The molecule has 1 fully saturated rings. The maximum atomic E-state index is 14.8. The van der Waals surface area contributed by atoms with Crippen LogP contribution in [0.5, 0.6) is 0 Å². The third-order valence-corrected chi connectivity index (χ3v) is 7.92. The highest BCUT2D eigenvalue weighted by Crippen LogP contribution is 2.42. The van der Waals surface area contributed by atoms with Gasteiger partial charge < -0.3 is 24.4 Å². The van der Waals surface area contributed by atoms with Crippen molar-refractivity contribution in [2.75, 3.05) is 73.4 Å². The number of likely N-dealkylation sites (tertiary alicyclic amines) is 1. The Kier molecular flexibility index (Phi) is 12.1. The largest absolute Gasteiger partial charge is 0.377 e. The van der Waals surface area contributed by atoms with Gasteiger partial charge in [-0.05, 0) is 55.8 Å². The first-order valence-corrected chi connectivity index (χ1v) is 14.6. The Hall–Kier alpha value is -2.88. The molecule has 2 aromatic rings. The maximum Gasteiger partial charge on any atom is 0.243 e. The lowest BCUT2D eigenvalue weighted by Crippen LogP contribution is -2.35. The van der Waals surface area contributed by atoms with Crippen LogP contribution in [0.4, 0.5) is 4.39 Å². The zero-order chi connectivity index (χ0) is 29.0. The molecule has 1 N–H and O–H groups in total. The van der Waals surface area contributed by atoms with E-state index >= 15 is 0 Å². The highest BCUT2D eigenvalue weighted by atomic mass is 19.1. The number of carbonyl (C=O) groups excluding carboxylic acids is 1. The van der Waals surface area contributed by atoms with Crippen LogP contribution in [-0.2, 0) is 25.4 Å². The zero-order valence-corrected chi connectivity index (χ0v) is 24.4. The SMILES string of the molecule is C=CC(=O)NCCOCCOCCOC/C=C/c1cccc([C@H]2CN([C@H]3CCc4cccc(F)c43)C[C@@H]2N(C)C)c1. The first-order chi connectivity index (χ1) is 20.0. The summed E-state index contributed by atoms with van der Waals surface area (Å²) in [6, 6.07) is 14.8. The van der Waals surface area contributed by atoms with Crippen LogP contribution >= 0.6 is 0 Å². The normalized spacial score (nSPS) is 20.6. The smallest absolute Gasteiger partial charge is 0.243 e. The van der Waals surface area contributed by atoms with Gasteiger partial charge in [-0.3, -0.25) is 9.69 Å². The average Bonchev–Trinajstić information content (AvgIpc) is 3.61. The number of nitrogens with zero attached hydrogens (tertiary/aromatic N) is 2. The van der Waals surface area contributed by atoms with Crippen LogP contribution in [0.25, 0.3) is 6.08 Å². The monoisotopic (exact) mass is 565 g/mol. The van der Waals surface area contributed by atoms with E-state index < -0.39 is 0 Å². The van der Waals surface area contributed by atoms with Crippen molar-refractivity contribution in [3.8, 4) is 0 Å². The number of hydrogen-bond donors (Lipinski definition) is 1. The molecule has 222 valence electrons. The number of ether oxygens (including phenoxy) is 3. The highest BCUT2D eigenvalue weighted by Gasteiger charge is 2.41. The molecular weight excluding hydrogens is 521 g/mol. The van der Waals surface area contributed by atoms with Gasteiger partial charge >= 0.3 is 0 Å².